The summed E-state index contributed by atoms with van der Waals surface area (Å²) in [4.78, 5) is 35.3. The molecular formula is C3H6I3O4PZn3. The zero-order valence-corrected chi connectivity index (χ0v) is 23.7. The predicted octanol–water partition coefficient (Wildman–Crippen LogP) is 0.807. The van der Waals surface area contributed by atoms with Gasteiger partial charge in [0, 0.05) is 0 Å². The Morgan fingerprint density at radius 1 is 0.714 bits per heavy atom. The standard InChI is InChI=1S/3CH2I.H3O4P.3Zn/c3*1-2;1-5(2,3)4;;;/h3*1H2;(H3,1,2,3,4);;;/q3*-1;;3*+2/p-3. The first-order chi connectivity index (χ1) is 5.00. The summed E-state index contributed by atoms with van der Waals surface area (Å²) in [5.74, 6) is 0. The van der Waals surface area contributed by atoms with Crippen molar-refractivity contribution in [1.82, 2.24) is 0 Å². The van der Waals surface area contributed by atoms with E-state index < -0.39 is 7.82 Å². The maximum Gasteiger partial charge on any atom is 2.00 e. The average Bonchev–Trinajstić information content (AvgIpc) is 1.96. The molecule has 0 unspecified atom stereocenters. The molecule has 0 aliphatic heterocycles. The van der Waals surface area contributed by atoms with Crippen molar-refractivity contribution < 1.29 is 77.7 Å². The molecule has 0 rings (SSSR count). The zero-order chi connectivity index (χ0) is 10.5. The van der Waals surface area contributed by atoms with E-state index in [0.717, 1.165) is 0 Å². The molecule has 0 N–H and O–H groups in total. The van der Waals surface area contributed by atoms with Gasteiger partial charge < -0.3 is 87.0 Å². The maximum atomic E-state index is 8.55. The van der Waals surface area contributed by atoms with E-state index in [4.69, 9.17) is 19.2 Å². The Hall–Kier alpha value is 4.17. The summed E-state index contributed by atoms with van der Waals surface area (Å²) < 4.78 is 8.55. The molecule has 0 aliphatic carbocycles. The number of rotatable bonds is 0. The molecule has 4 nitrogen and oxygen atoms in total. The van der Waals surface area contributed by atoms with E-state index >= 15 is 0 Å². The van der Waals surface area contributed by atoms with Crippen LogP contribution in [0.2, 0.25) is 0 Å². The molecule has 0 spiro atoms. The van der Waals surface area contributed by atoms with Crippen molar-refractivity contribution in [3.63, 3.8) is 0 Å². The number of phosphoric acid groups is 1. The fourth-order valence-corrected chi connectivity index (χ4v) is 0. The molecule has 0 aromatic rings. The van der Waals surface area contributed by atoms with Gasteiger partial charge in [0.25, 0.3) is 0 Å². The van der Waals surface area contributed by atoms with Gasteiger partial charge in [0.2, 0.25) is 0 Å². The van der Waals surface area contributed by atoms with Crippen LogP contribution in [0.3, 0.4) is 0 Å². The second-order valence-electron chi connectivity index (χ2n) is 0.447. The summed E-state index contributed by atoms with van der Waals surface area (Å²) in [6, 6.07) is 0. The van der Waals surface area contributed by atoms with Gasteiger partial charge in [0.1, 0.15) is 0 Å². The smallest absolute Gasteiger partial charge is 0.822 e. The van der Waals surface area contributed by atoms with Crippen LogP contribution in [0.25, 0.3) is 0 Å². The number of halogens is 3. The molecule has 0 aromatic carbocycles. The fraction of sp³-hybridized carbons (Fsp3) is 0. The molecule has 0 saturated heterocycles. The molecule has 74 valence electrons. The molecule has 0 radical (unpaired) electrons. The van der Waals surface area contributed by atoms with Crippen LogP contribution in [-0.4, -0.2) is 0 Å². The number of hydrogen-bond donors (Lipinski definition) is 0. The molecule has 14 heavy (non-hydrogen) atoms. The molecule has 0 aromatic heterocycles. The molecule has 0 aliphatic rings. The van der Waals surface area contributed by atoms with E-state index in [2.05, 4.69) is 14.8 Å². The molecule has 0 bridgehead atoms. The monoisotopic (exact) mass is 710 g/mol. The fourth-order valence-electron chi connectivity index (χ4n) is 0. The van der Waals surface area contributed by atoms with Gasteiger partial charge in [0.05, 0.1) is 0 Å². The maximum absolute atomic E-state index is 8.55. The SMILES string of the molecule is O=P([O-])([O-])[O-].[CH2-]I.[CH2-]I.[CH2-]I.[Zn+2].[Zn+2].[Zn+2]. The Bertz CT molecular complexity index is 77.2. The van der Waals surface area contributed by atoms with E-state index in [0.29, 0.717) is 0 Å². The van der Waals surface area contributed by atoms with E-state index in [9.17, 15) is 0 Å². The van der Waals surface area contributed by atoms with Crippen LogP contribution in [0, 0.1) is 14.8 Å². The minimum atomic E-state index is -5.39. The summed E-state index contributed by atoms with van der Waals surface area (Å²) >= 11 is 5.70. The Labute approximate surface area is 165 Å². The van der Waals surface area contributed by atoms with Crippen molar-refractivity contribution in [3.05, 3.63) is 14.8 Å². The van der Waals surface area contributed by atoms with Crippen molar-refractivity contribution in [2.24, 2.45) is 0 Å². The van der Waals surface area contributed by atoms with E-state index in [1.54, 1.807) is 0 Å². The third kappa shape index (κ3) is 214. The zero-order valence-electron chi connectivity index (χ0n) is 7.46. The van der Waals surface area contributed by atoms with Gasteiger partial charge in [-0.2, -0.15) is 7.82 Å². The summed E-state index contributed by atoms with van der Waals surface area (Å²) in [5.41, 5.74) is 0. The van der Waals surface area contributed by atoms with Crippen molar-refractivity contribution >= 4 is 75.6 Å². The summed E-state index contributed by atoms with van der Waals surface area (Å²) in [5, 5.41) is 0. The van der Waals surface area contributed by atoms with E-state index in [1.165, 1.54) is 0 Å². The molecule has 0 heterocycles. The minimum absolute atomic E-state index is 0. The van der Waals surface area contributed by atoms with Gasteiger partial charge in [-0.15, -0.1) is 0 Å². The van der Waals surface area contributed by atoms with Crippen LogP contribution in [0.4, 0.5) is 0 Å². The van der Waals surface area contributed by atoms with Crippen LogP contribution < -0.4 is 14.7 Å². The van der Waals surface area contributed by atoms with Crippen LogP contribution in [0.5, 0.6) is 0 Å². The second-order valence-corrected chi connectivity index (χ2v) is 1.34. The molecule has 0 fully saturated rings. The second kappa shape index (κ2) is 43.4. The summed E-state index contributed by atoms with van der Waals surface area (Å²) in [6.45, 7) is 0. The van der Waals surface area contributed by atoms with Crippen LogP contribution in [-0.2, 0) is 63.0 Å². The molecule has 0 atom stereocenters. The van der Waals surface area contributed by atoms with Crippen LogP contribution in [0.15, 0.2) is 0 Å². The first-order valence-corrected chi connectivity index (χ1v) is 7.57. The van der Waals surface area contributed by atoms with Gasteiger partial charge in [-0.25, -0.2) is 0 Å². The minimum Gasteiger partial charge on any atom is -0.822 e. The molecule has 11 heteroatoms. The quantitative estimate of drug-likeness (QED) is 0.161. The van der Waals surface area contributed by atoms with Crippen molar-refractivity contribution in [2.45, 2.75) is 0 Å². The summed E-state index contributed by atoms with van der Waals surface area (Å²) in [6.07, 6.45) is 0. The van der Waals surface area contributed by atoms with Gasteiger partial charge in [-0.1, -0.05) is 0 Å². The van der Waals surface area contributed by atoms with Crippen molar-refractivity contribution in [2.75, 3.05) is 0 Å². The normalized spacial score (nSPS) is 5.50. The van der Waals surface area contributed by atoms with Gasteiger partial charge in [-0.3, -0.25) is 14.8 Å². The first kappa shape index (κ1) is 42.9. The summed E-state index contributed by atoms with van der Waals surface area (Å²) in [7, 11) is -5.39. The Morgan fingerprint density at radius 2 is 0.714 bits per heavy atom. The van der Waals surface area contributed by atoms with Crippen molar-refractivity contribution in [3.8, 4) is 0 Å². The average molecular weight is 714 g/mol. The predicted molar refractivity (Wildman–Crippen MR) is 65.7 cm³/mol. The Morgan fingerprint density at radius 3 is 0.714 bits per heavy atom. The first-order valence-electron chi connectivity index (χ1n) is 1.53. The topological polar surface area (TPSA) is 86.2 Å². The third-order valence-electron chi connectivity index (χ3n) is 0. The molecular weight excluding hydrogens is 708 g/mol. The van der Waals surface area contributed by atoms with E-state index in [1.807, 2.05) is 67.8 Å². The molecule has 0 amide bonds. The van der Waals surface area contributed by atoms with Crippen LogP contribution >= 0.6 is 75.6 Å². The molecule has 0 saturated carbocycles. The largest absolute Gasteiger partial charge is 2.00 e. The number of hydrogen-bond acceptors (Lipinski definition) is 4. The van der Waals surface area contributed by atoms with Gasteiger partial charge >= 0.3 is 58.4 Å². The van der Waals surface area contributed by atoms with Gasteiger partial charge in [0.15, 0.2) is 0 Å². The van der Waals surface area contributed by atoms with Crippen molar-refractivity contribution in [1.29, 1.82) is 0 Å². The third-order valence-corrected chi connectivity index (χ3v) is 0. The Kier molecular flexibility index (Phi) is 133. The van der Waals surface area contributed by atoms with E-state index in [-0.39, 0.29) is 58.4 Å². The van der Waals surface area contributed by atoms with Gasteiger partial charge in [-0.05, 0) is 0 Å². The van der Waals surface area contributed by atoms with Crippen LogP contribution in [0.1, 0.15) is 0 Å². The Balaban J connectivity index is -0.00000000972.